The summed E-state index contributed by atoms with van der Waals surface area (Å²) in [6.45, 7) is -0.455. The van der Waals surface area contributed by atoms with Crippen LogP contribution < -0.4 is 5.43 Å². The van der Waals surface area contributed by atoms with Crippen LogP contribution in [0.25, 0.3) is 10.8 Å². The van der Waals surface area contributed by atoms with E-state index >= 15 is 0 Å². The number of carbonyl (C=O) groups is 1. The summed E-state index contributed by atoms with van der Waals surface area (Å²) >= 11 is 11.9. The number of fused-ring (bicyclic) bond motifs is 1. The van der Waals surface area contributed by atoms with Gasteiger partial charge in [-0.2, -0.15) is 9.41 Å². The molecule has 0 atom stereocenters. The van der Waals surface area contributed by atoms with E-state index in [1.54, 1.807) is 24.3 Å². The van der Waals surface area contributed by atoms with Gasteiger partial charge in [0.25, 0.3) is 5.91 Å². The molecule has 0 fully saturated rings. The van der Waals surface area contributed by atoms with Gasteiger partial charge in [-0.05, 0) is 52.7 Å². The first kappa shape index (κ1) is 24.9. The van der Waals surface area contributed by atoms with Gasteiger partial charge in [0.05, 0.1) is 17.7 Å². The molecule has 0 bridgehead atoms. The second kappa shape index (κ2) is 11.0. The van der Waals surface area contributed by atoms with Crippen LogP contribution >= 0.6 is 23.2 Å². The Morgan fingerprint density at radius 3 is 2.20 bits per heavy atom. The molecule has 1 amide bonds. The minimum atomic E-state index is -4.00. The van der Waals surface area contributed by atoms with Crippen molar-refractivity contribution < 1.29 is 13.2 Å². The first-order chi connectivity index (χ1) is 16.8. The first-order valence-corrected chi connectivity index (χ1v) is 12.8. The molecule has 4 aromatic rings. The summed E-state index contributed by atoms with van der Waals surface area (Å²) in [6.07, 6.45) is 1.54. The molecule has 4 rings (SSSR count). The zero-order chi connectivity index (χ0) is 24.8. The number of hydrogen-bond donors (Lipinski definition) is 1. The lowest BCUT2D eigenvalue weighted by atomic mass is 10.1. The zero-order valence-electron chi connectivity index (χ0n) is 18.4. The number of nitrogens with one attached hydrogen (secondary N) is 1. The van der Waals surface area contributed by atoms with Gasteiger partial charge in [-0.1, -0.05) is 77.8 Å². The highest BCUT2D eigenvalue weighted by molar-refractivity contribution is 7.89. The summed E-state index contributed by atoms with van der Waals surface area (Å²) in [4.78, 5) is 12.7. The van der Waals surface area contributed by atoms with E-state index in [-0.39, 0.29) is 11.4 Å². The van der Waals surface area contributed by atoms with Crippen LogP contribution in [0.15, 0.2) is 101 Å². The lowest BCUT2D eigenvalue weighted by molar-refractivity contribution is -0.121. The van der Waals surface area contributed by atoms with Gasteiger partial charge in [-0.15, -0.1) is 0 Å². The summed E-state index contributed by atoms with van der Waals surface area (Å²) in [5.74, 6) is -0.576. The van der Waals surface area contributed by atoms with E-state index in [1.165, 1.54) is 30.5 Å². The summed E-state index contributed by atoms with van der Waals surface area (Å²) in [7, 11) is -4.00. The van der Waals surface area contributed by atoms with Crippen LogP contribution in [-0.2, 0) is 21.4 Å². The molecule has 0 aliphatic carbocycles. The second-order valence-corrected chi connectivity index (χ2v) is 10.5. The Morgan fingerprint density at radius 2 is 1.49 bits per heavy atom. The zero-order valence-corrected chi connectivity index (χ0v) is 20.8. The molecule has 178 valence electrons. The van der Waals surface area contributed by atoms with Crippen molar-refractivity contribution in [1.82, 2.24) is 9.73 Å². The Labute approximate surface area is 213 Å². The SMILES string of the molecule is O=C(CN(Cc1ccc(Cl)cc1)S(=O)(=O)c1ccc(Cl)cc1)N/N=C\c1cccc2ccccc12. The molecule has 4 aromatic carbocycles. The Morgan fingerprint density at radius 1 is 0.857 bits per heavy atom. The van der Waals surface area contributed by atoms with E-state index in [9.17, 15) is 13.2 Å². The molecule has 0 aliphatic heterocycles. The number of benzene rings is 4. The van der Waals surface area contributed by atoms with Gasteiger partial charge in [0.1, 0.15) is 0 Å². The van der Waals surface area contributed by atoms with E-state index in [1.807, 2.05) is 42.5 Å². The summed E-state index contributed by atoms with van der Waals surface area (Å²) < 4.78 is 27.7. The Hall–Kier alpha value is -3.23. The number of halogens is 2. The van der Waals surface area contributed by atoms with Crippen molar-refractivity contribution in [1.29, 1.82) is 0 Å². The highest BCUT2D eigenvalue weighted by atomic mass is 35.5. The summed E-state index contributed by atoms with van der Waals surface area (Å²) in [5.41, 5.74) is 3.94. The standard InChI is InChI=1S/C26H21Cl2N3O3S/c27-22-10-8-19(9-11-22)17-31(35(33,34)24-14-12-23(28)13-15-24)18-26(32)30-29-16-21-6-3-5-20-4-1-2-7-25(20)21/h1-16H,17-18H2,(H,30,32)/b29-16-. The second-order valence-electron chi connectivity index (χ2n) is 7.72. The number of amides is 1. The summed E-state index contributed by atoms with van der Waals surface area (Å²) in [5, 5.41) is 7.02. The van der Waals surface area contributed by atoms with Gasteiger partial charge in [-0.25, -0.2) is 13.8 Å². The van der Waals surface area contributed by atoms with Crippen molar-refractivity contribution in [3.8, 4) is 0 Å². The molecule has 1 N–H and O–H groups in total. The van der Waals surface area contributed by atoms with Crippen LogP contribution in [0.1, 0.15) is 11.1 Å². The first-order valence-electron chi connectivity index (χ1n) is 10.6. The highest BCUT2D eigenvalue weighted by Gasteiger charge is 2.27. The molecule has 0 radical (unpaired) electrons. The van der Waals surface area contributed by atoms with Crippen molar-refractivity contribution in [2.75, 3.05) is 6.54 Å². The van der Waals surface area contributed by atoms with Gasteiger partial charge in [0.15, 0.2) is 0 Å². The van der Waals surface area contributed by atoms with E-state index in [0.29, 0.717) is 15.6 Å². The van der Waals surface area contributed by atoms with Crippen LogP contribution in [0.2, 0.25) is 10.0 Å². The number of hydrogen-bond acceptors (Lipinski definition) is 4. The van der Waals surface area contributed by atoms with E-state index in [2.05, 4.69) is 10.5 Å². The molecular weight excluding hydrogens is 505 g/mol. The number of hydrazone groups is 1. The molecule has 0 saturated heterocycles. The monoisotopic (exact) mass is 525 g/mol. The maximum Gasteiger partial charge on any atom is 0.255 e. The molecule has 0 aromatic heterocycles. The molecule has 0 aliphatic rings. The molecule has 35 heavy (non-hydrogen) atoms. The van der Waals surface area contributed by atoms with Crippen LogP contribution in [0, 0.1) is 0 Å². The van der Waals surface area contributed by atoms with Crippen molar-refractivity contribution >= 4 is 56.1 Å². The molecule has 0 heterocycles. The molecule has 6 nitrogen and oxygen atoms in total. The fourth-order valence-electron chi connectivity index (χ4n) is 3.51. The van der Waals surface area contributed by atoms with E-state index in [0.717, 1.165) is 20.6 Å². The van der Waals surface area contributed by atoms with Crippen LogP contribution in [0.4, 0.5) is 0 Å². The molecule has 0 spiro atoms. The molecule has 0 saturated carbocycles. The maximum atomic E-state index is 13.3. The molecule has 9 heteroatoms. The topological polar surface area (TPSA) is 78.8 Å². The van der Waals surface area contributed by atoms with Crippen LogP contribution in [-0.4, -0.2) is 31.4 Å². The third-order valence-corrected chi connectivity index (χ3v) is 7.57. The predicted octanol–water partition coefficient (Wildman–Crippen LogP) is 5.49. The van der Waals surface area contributed by atoms with Crippen molar-refractivity contribution in [2.45, 2.75) is 11.4 Å². The van der Waals surface area contributed by atoms with Crippen LogP contribution in [0.5, 0.6) is 0 Å². The number of carbonyl (C=O) groups excluding carboxylic acids is 1. The van der Waals surface area contributed by atoms with Gasteiger partial charge in [0.2, 0.25) is 10.0 Å². The Bertz CT molecular complexity index is 1470. The predicted molar refractivity (Wildman–Crippen MR) is 140 cm³/mol. The Kier molecular flexibility index (Phi) is 7.83. The number of rotatable bonds is 8. The van der Waals surface area contributed by atoms with Gasteiger partial charge >= 0.3 is 0 Å². The quantitative estimate of drug-likeness (QED) is 0.244. The fraction of sp³-hybridized carbons (Fsp3) is 0.0769. The van der Waals surface area contributed by atoms with E-state index in [4.69, 9.17) is 23.2 Å². The number of sulfonamides is 1. The fourth-order valence-corrected chi connectivity index (χ4v) is 5.14. The lowest BCUT2D eigenvalue weighted by Gasteiger charge is -2.21. The average Bonchev–Trinajstić information content (AvgIpc) is 2.85. The van der Waals surface area contributed by atoms with Gasteiger partial charge in [0, 0.05) is 22.2 Å². The summed E-state index contributed by atoms with van der Waals surface area (Å²) in [6, 6.07) is 26.1. The minimum absolute atomic E-state index is 0.0252. The largest absolute Gasteiger partial charge is 0.272 e. The van der Waals surface area contributed by atoms with Crippen LogP contribution in [0.3, 0.4) is 0 Å². The normalized spacial score (nSPS) is 11.9. The third kappa shape index (κ3) is 6.26. The smallest absolute Gasteiger partial charge is 0.255 e. The minimum Gasteiger partial charge on any atom is -0.272 e. The average molecular weight is 526 g/mol. The maximum absolute atomic E-state index is 13.3. The highest BCUT2D eigenvalue weighted by Crippen LogP contribution is 2.21. The van der Waals surface area contributed by atoms with Crippen molar-refractivity contribution in [2.24, 2.45) is 5.10 Å². The number of nitrogens with zero attached hydrogens (tertiary/aromatic N) is 2. The Balaban J connectivity index is 1.53. The molecular formula is C26H21Cl2N3O3S. The van der Waals surface area contributed by atoms with E-state index < -0.39 is 22.5 Å². The van der Waals surface area contributed by atoms with Crippen molar-refractivity contribution in [3.63, 3.8) is 0 Å². The third-order valence-electron chi connectivity index (χ3n) is 5.26. The molecule has 0 unspecified atom stereocenters. The lowest BCUT2D eigenvalue weighted by Crippen LogP contribution is -2.39. The van der Waals surface area contributed by atoms with Gasteiger partial charge < -0.3 is 0 Å². The van der Waals surface area contributed by atoms with Crippen molar-refractivity contribution in [3.05, 3.63) is 112 Å². The van der Waals surface area contributed by atoms with Gasteiger partial charge in [-0.3, -0.25) is 4.79 Å².